The lowest BCUT2D eigenvalue weighted by molar-refractivity contribution is -0.121. The molecule has 0 aliphatic heterocycles. The van der Waals surface area contributed by atoms with Crippen LogP contribution in [-0.2, 0) is 9.59 Å². The summed E-state index contributed by atoms with van der Waals surface area (Å²) in [5, 5.41) is 14.9. The zero-order valence-corrected chi connectivity index (χ0v) is 20.5. The number of nitrogens with zero attached hydrogens (tertiary/aromatic N) is 3. The van der Waals surface area contributed by atoms with Crippen LogP contribution in [0.25, 0.3) is 10.9 Å². The van der Waals surface area contributed by atoms with E-state index < -0.39 is 24.5 Å². The number of pyridine rings is 1. The minimum Gasteiger partial charge on any atom is -0.478 e. The van der Waals surface area contributed by atoms with Gasteiger partial charge < -0.3 is 20.6 Å². The van der Waals surface area contributed by atoms with Gasteiger partial charge in [0.25, 0.3) is 0 Å². The van der Waals surface area contributed by atoms with Crippen LogP contribution in [0.4, 0.5) is 21.9 Å². The van der Waals surface area contributed by atoms with E-state index in [2.05, 4.69) is 15.6 Å². The van der Waals surface area contributed by atoms with Crippen LogP contribution in [0, 0.1) is 0 Å². The van der Waals surface area contributed by atoms with E-state index in [0.29, 0.717) is 16.9 Å². The van der Waals surface area contributed by atoms with E-state index >= 15 is 0 Å². The molecule has 10 heteroatoms. The van der Waals surface area contributed by atoms with Gasteiger partial charge in [-0.15, -0.1) is 0 Å². The number of fused-ring (bicyclic) bond motifs is 1. The second kappa shape index (κ2) is 11.7. The fraction of sp³-hybridized carbons (Fsp3) is 0.107. The van der Waals surface area contributed by atoms with Gasteiger partial charge in [0.2, 0.25) is 11.8 Å². The number of rotatable bonds is 8. The zero-order valence-electron chi connectivity index (χ0n) is 20.5. The number of carboxylic acids is 1. The molecule has 0 radical (unpaired) electrons. The van der Waals surface area contributed by atoms with Crippen LogP contribution in [0.1, 0.15) is 10.4 Å². The maximum absolute atomic E-state index is 13.4. The lowest BCUT2D eigenvalue weighted by atomic mass is 10.1. The predicted octanol–water partition coefficient (Wildman–Crippen LogP) is 3.75. The van der Waals surface area contributed by atoms with Crippen molar-refractivity contribution >= 4 is 51.8 Å². The van der Waals surface area contributed by atoms with Gasteiger partial charge in [-0.25, -0.2) is 9.59 Å². The molecule has 0 unspecified atom stereocenters. The van der Waals surface area contributed by atoms with Gasteiger partial charge in [0.15, 0.2) is 0 Å². The number of hydrogen-bond donors (Lipinski definition) is 3. The van der Waals surface area contributed by atoms with E-state index in [1.54, 1.807) is 43.6 Å². The fourth-order valence-corrected chi connectivity index (χ4v) is 3.81. The Morgan fingerprint density at radius 1 is 0.868 bits per heavy atom. The summed E-state index contributed by atoms with van der Waals surface area (Å²) in [6.07, 6.45) is 1.60. The molecule has 0 aliphatic rings. The summed E-state index contributed by atoms with van der Waals surface area (Å²) in [6.45, 7) is -0.708. The Bertz CT molecular complexity index is 1490. The smallest absolute Gasteiger partial charge is 0.335 e. The number of amides is 4. The minimum absolute atomic E-state index is 0.00885. The number of urea groups is 1. The van der Waals surface area contributed by atoms with Crippen molar-refractivity contribution in [1.82, 2.24) is 10.3 Å². The molecule has 0 saturated carbocycles. The summed E-state index contributed by atoms with van der Waals surface area (Å²) in [4.78, 5) is 57.4. The van der Waals surface area contributed by atoms with Crippen LogP contribution in [0.15, 0.2) is 91.1 Å². The van der Waals surface area contributed by atoms with Gasteiger partial charge in [0, 0.05) is 30.0 Å². The normalized spacial score (nSPS) is 10.4. The maximum atomic E-state index is 13.4. The summed E-state index contributed by atoms with van der Waals surface area (Å²) in [5.74, 6) is -2.01. The van der Waals surface area contributed by atoms with Crippen molar-refractivity contribution in [3.63, 3.8) is 0 Å². The van der Waals surface area contributed by atoms with Crippen LogP contribution in [-0.4, -0.2) is 54.0 Å². The monoisotopic (exact) mass is 511 g/mol. The molecule has 0 atom stereocenters. The molecule has 0 aliphatic carbocycles. The lowest BCUT2D eigenvalue weighted by Crippen LogP contribution is -2.46. The highest BCUT2D eigenvalue weighted by Crippen LogP contribution is 2.25. The van der Waals surface area contributed by atoms with E-state index in [1.807, 2.05) is 30.3 Å². The van der Waals surface area contributed by atoms with Crippen molar-refractivity contribution < 1.29 is 24.3 Å². The molecule has 3 N–H and O–H groups in total. The molecule has 38 heavy (non-hydrogen) atoms. The molecule has 0 spiro atoms. The van der Waals surface area contributed by atoms with Crippen LogP contribution >= 0.6 is 0 Å². The third-order valence-electron chi connectivity index (χ3n) is 5.78. The van der Waals surface area contributed by atoms with Crippen molar-refractivity contribution in [2.24, 2.45) is 0 Å². The van der Waals surface area contributed by atoms with Crippen molar-refractivity contribution in [2.75, 3.05) is 35.3 Å². The van der Waals surface area contributed by atoms with E-state index in [0.717, 1.165) is 5.39 Å². The number of carbonyl (C=O) groups is 4. The van der Waals surface area contributed by atoms with Gasteiger partial charge in [-0.05, 0) is 42.5 Å². The first-order chi connectivity index (χ1) is 18.3. The van der Waals surface area contributed by atoms with Crippen molar-refractivity contribution in [2.45, 2.75) is 0 Å². The third-order valence-corrected chi connectivity index (χ3v) is 5.78. The number of para-hydroxylation sites is 2. The minimum atomic E-state index is -1.13. The van der Waals surface area contributed by atoms with Gasteiger partial charge in [-0.3, -0.25) is 19.5 Å². The molecule has 0 saturated heterocycles. The Balaban J connectivity index is 1.53. The Labute approximate surface area is 218 Å². The summed E-state index contributed by atoms with van der Waals surface area (Å²) < 4.78 is 0. The van der Waals surface area contributed by atoms with Crippen molar-refractivity contribution in [3.8, 4) is 0 Å². The van der Waals surface area contributed by atoms with Gasteiger partial charge in [-0.1, -0.05) is 42.5 Å². The van der Waals surface area contributed by atoms with Gasteiger partial charge in [0.1, 0.15) is 6.54 Å². The number of aromatic nitrogens is 1. The first-order valence-corrected chi connectivity index (χ1v) is 11.7. The molecular formula is C28H25N5O5. The van der Waals surface area contributed by atoms with E-state index in [4.69, 9.17) is 5.11 Å². The van der Waals surface area contributed by atoms with Crippen LogP contribution in [0.3, 0.4) is 0 Å². The van der Waals surface area contributed by atoms with E-state index in [-0.39, 0.29) is 23.7 Å². The molecule has 3 aromatic carbocycles. The fourth-order valence-electron chi connectivity index (χ4n) is 3.81. The maximum Gasteiger partial charge on any atom is 0.335 e. The average Bonchev–Trinajstić information content (AvgIpc) is 2.94. The largest absolute Gasteiger partial charge is 0.478 e. The summed E-state index contributed by atoms with van der Waals surface area (Å²) in [6, 6.07) is 23.0. The van der Waals surface area contributed by atoms with Crippen LogP contribution in [0.2, 0.25) is 0 Å². The van der Waals surface area contributed by atoms with Gasteiger partial charge >= 0.3 is 12.0 Å². The summed E-state index contributed by atoms with van der Waals surface area (Å²) >= 11 is 0. The number of carbonyl (C=O) groups excluding carboxylic acids is 3. The number of aromatic carboxylic acids is 1. The molecule has 192 valence electrons. The predicted molar refractivity (Wildman–Crippen MR) is 144 cm³/mol. The Hall–Kier alpha value is -5.25. The van der Waals surface area contributed by atoms with Crippen LogP contribution in [0.5, 0.6) is 0 Å². The second-order valence-corrected chi connectivity index (χ2v) is 8.31. The number of carboxylic acid groups (broad SMARTS) is 1. The number of hydrogen-bond acceptors (Lipinski definition) is 5. The Morgan fingerprint density at radius 3 is 2.37 bits per heavy atom. The Morgan fingerprint density at radius 2 is 1.61 bits per heavy atom. The molecule has 4 aromatic rings. The Kier molecular flexibility index (Phi) is 7.92. The molecule has 4 amide bonds. The molecule has 0 fully saturated rings. The highest BCUT2D eigenvalue weighted by Gasteiger charge is 2.24. The van der Waals surface area contributed by atoms with E-state index in [1.165, 1.54) is 34.1 Å². The second-order valence-electron chi connectivity index (χ2n) is 8.31. The van der Waals surface area contributed by atoms with E-state index in [9.17, 15) is 19.2 Å². The topological polar surface area (TPSA) is 132 Å². The molecule has 0 bridgehead atoms. The standard InChI is InChI=1S/C28H25N5O5/c1-32(22-12-3-2-4-13-22)25(35)18-33(23-14-6-8-19-10-7-15-29-26(19)23)24(34)17-30-28(38)31-21-11-5-9-20(16-21)27(36)37/h2-16H,17-18H2,1H3,(H,36,37)(H2,30,31,38). The molecule has 1 heterocycles. The highest BCUT2D eigenvalue weighted by atomic mass is 16.4. The quantitative estimate of drug-likeness (QED) is 0.330. The van der Waals surface area contributed by atoms with Crippen LogP contribution < -0.4 is 20.4 Å². The zero-order chi connectivity index (χ0) is 27.1. The van der Waals surface area contributed by atoms with Crippen molar-refractivity contribution in [1.29, 1.82) is 0 Å². The first kappa shape index (κ1) is 25.8. The SMILES string of the molecule is CN(C(=O)CN(C(=O)CNC(=O)Nc1cccc(C(=O)O)c1)c1cccc2cccnc12)c1ccccc1. The summed E-state index contributed by atoms with van der Waals surface area (Å²) in [7, 11) is 1.62. The lowest BCUT2D eigenvalue weighted by Gasteiger charge is -2.26. The third kappa shape index (κ3) is 6.11. The number of likely N-dealkylation sites (N-methyl/N-ethyl adjacent to an activating group) is 1. The molecular weight excluding hydrogens is 486 g/mol. The number of anilines is 3. The molecule has 1 aromatic heterocycles. The van der Waals surface area contributed by atoms with Gasteiger partial charge in [-0.2, -0.15) is 0 Å². The average molecular weight is 512 g/mol. The first-order valence-electron chi connectivity index (χ1n) is 11.7. The highest BCUT2D eigenvalue weighted by molar-refractivity contribution is 6.09. The van der Waals surface area contributed by atoms with Crippen molar-refractivity contribution in [3.05, 3.63) is 96.7 Å². The molecule has 10 nitrogen and oxygen atoms in total. The van der Waals surface area contributed by atoms with Gasteiger partial charge in [0.05, 0.1) is 23.3 Å². The molecule has 4 rings (SSSR count). The number of benzene rings is 3. The number of nitrogens with one attached hydrogen (secondary N) is 2. The summed E-state index contributed by atoms with van der Waals surface area (Å²) in [5.41, 5.74) is 1.90.